The van der Waals surface area contributed by atoms with Crippen molar-refractivity contribution < 1.29 is 9.59 Å². The molecular formula is C16H11Cl3N2O2S. The third-order valence-electron chi connectivity index (χ3n) is 3.36. The van der Waals surface area contributed by atoms with Crippen LogP contribution >= 0.6 is 46.6 Å². The number of nitrogens with one attached hydrogen (secondary N) is 2. The number of anilines is 2. The van der Waals surface area contributed by atoms with Crippen LogP contribution in [0.3, 0.4) is 0 Å². The van der Waals surface area contributed by atoms with Gasteiger partial charge < -0.3 is 10.6 Å². The minimum absolute atomic E-state index is 0.0153. The Morgan fingerprint density at radius 3 is 2.62 bits per heavy atom. The second kappa shape index (κ2) is 7.23. The highest BCUT2D eigenvalue weighted by Crippen LogP contribution is 2.37. The molecule has 2 aromatic carbocycles. The van der Waals surface area contributed by atoms with Crippen molar-refractivity contribution in [3.8, 4) is 0 Å². The number of fused-ring (bicyclic) bond motifs is 1. The Bertz CT molecular complexity index is 829. The van der Waals surface area contributed by atoms with E-state index < -0.39 is 5.25 Å². The second-order valence-corrected chi connectivity index (χ2v) is 7.56. The van der Waals surface area contributed by atoms with Gasteiger partial charge in [0.05, 0.1) is 31.7 Å². The molecule has 1 heterocycles. The molecule has 1 aliphatic rings. The van der Waals surface area contributed by atoms with Gasteiger partial charge in [0.25, 0.3) is 0 Å². The SMILES string of the molecule is O=C(CC1Sc2ccccc2NC1=O)Nc1cc(Cl)c(Cl)cc1Cl. The van der Waals surface area contributed by atoms with Gasteiger partial charge in [-0.3, -0.25) is 9.59 Å². The van der Waals surface area contributed by atoms with Crippen LogP contribution in [0.4, 0.5) is 11.4 Å². The highest BCUT2D eigenvalue weighted by atomic mass is 35.5. The van der Waals surface area contributed by atoms with Crippen molar-refractivity contribution in [2.75, 3.05) is 10.6 Å². The van der Waals surface area contributed by atoms with Crippen LogP contribution in [-0.2, 0) is 9.59 Å². The normalized spacial score (nSPS) is 16.3. The van der Waals surface area contributed by atoms with E-state index in [0.29, 0.717) is 10.7 Å². The lowest BCUT2D eigenvalue weighted by atomic mass is 10.2. The predicted octanol–water partition coefficient (Wildman–Crippen LogP) is 5.09. The van der Waals surface area contributed by atoms with E-state index >= 15 is 0 Å². The maximum Gasteiger partial charge on any atom is 0.238 e. The van der Waals surface area contributed by atoms with Crippen LogP contribution in [0.15, 0.2) is 41.3 Å². The lowest BCUT2D eigenvalue weighted by molar-refractivity contribution is -0.120. The van der Waals surface area contributed by atoms with Crippen LogP contribution in [0.1, 0.15) is 6.42 Å². The number of thioether (sulfide) groups is 1. The molecule has 1 unspecified atom stereocenters. The first-order valence-electron chi connectivity index (χ1n) is 6.95. The van der Waals surface area contributed by atoms with Crippen LogP contribution in [0.2, 0.25) is 15.1 Å². The molecule has 4 nitrogen and oxygen atoms in total. The maximum atomic E-state index is 12.2. The quantitative estimate of drug-likeness (QED) is 0.704. The van der Waals surface area contributed by atoms with Gasteiger partial charge in [0.15, 0.2) is 0 Å². The molecule has 0 fully saturated rings. The van der Waals surface area contributed by atoms with E-state index in [1.54, 1.807) is 0 Å². The molecule has 24 heavy (non-hydrogen) atoms. The van der Waals surface area contributed by atoms with E-state index in [-0.39, 0.29) is 28.3 Å². The van der Waals surface area contributed by atoms with Crippen molar-refractivity contribution >= 4 is 69.8 Å². The first kappa shape index (κ1) is 17.4. The topological polar surface area (TPSA) is 58.2 Å². The second-order valence-electron chi connectivity index (χ2n) is 5.09. The Balaban J connectivity index is 1.70. The summed E-state index contributed by atoms with van der Waals surface area (Å²) in [7, 11) is 0. The Morgan fingerprint density at radius 1 is 1.12 bits per heavy atom. The van der Waals surface area contributed by atoms with Gasteiger partial charge in [-0.25, -0.2) is 0 Å². The van der Waals surface area contributed by atoms with Crippen LogP contribution in [0, 0.1) is 0 Å². The largest absolute Gasteiger partial charge is 0.325 e. The Morgan fingerprint density at radius 2 is 1.83 bits per heavy atom. The fourth-order valence-electron chi connectivity index (χ4n) is 2.22. The average molecular weight is 402 g/mol. The van der Waals surface area contributed by atoms with Crippen molar-refractivity contribution in [3.05, 3.63) is 51.5 Å². The van der Waals surface area contributed by atoms with Gasteiger partial charge in [0.2, 0.25) is 11.8 Å². The van der Waals surface area contributed by atoms with E-state index in [0.717, 1.165) is 10.6 Å². The van der Waals surface area contributed by atoms with Crippen molar-refractivity contribution in [2.45, 2.75) is 16.6 Å². The summed E-state index contributed by atoms with van der Waals surface area (Å²) in [4.78, 5) is 25.3. The monoisotopic (exact) mass is 400 g/mol. The van der Waals surface area contributed by atoms with Crippen molar-refractivity contribution in [3.63, 3.8) is 0 Å². The van der Waals surface area contributed by atoms with Crippen molar-refractivity contribution in [2.24, 2.45) is 0 Å². The molecule has 0 saturated heterocycles. The number of rotatable bonds is 3. The van der Waals surface area contributed by atoms with E-state index in [1.165, 1.54) is 23.9 Å². The standard InChI is InChI=1S/C16H11Cl3N2O2S/c17-8-5-10(19)12(6-9(8)18)20-15(22)7-14-16(23)21-11-3-1-2-4-13(11)24-14/h1-6,14H,7H2,(H,20,22)(H,21,23). The zero-order valence-electron chi connectivity index (χ0n) is 12.1. The van der Waals surface area contributed by atoms with E-state index in [2.05, 4.69) is 10.6 Å². The lowest BCUT2D eigenvalue weighted by Gasteiger charge is -2.23. The van der Waals surface area contributed by atoms with Crippen molar-refractivity contribution in [1.82, 2.24) is 0 Å². The molecule has 3 rings (SSSR count). The first-order chi connectivity index (χ1) is 11.4. The average Bonchev–Trinajstić information content (AvgIpc) is 2.53. The highest BCUT2D eigenvalue weighted by molar-refractivity contribution is 8.01. The van der Waals surface area contributed by atoms with Crippen molar-refractivity contribution in [1.29, 1.82) is 0 Å². The number of amides is 2. The number of hydrogen-bond donors (Lipinski definition) is 2. The molecule has 0 bridgehead atoms. The van der Waals surface area contributed by atoms with Crippen LogP contribution in [0.25, 0.3) is 0 Å². The van der Waals surface area contributed by atoms with Crippen LogP contribution < -0.4 is 10.6 Å². The maximum absolute atomic E-state index is 12.2. The minimum atomic E-state index is -0.513. The van der Waals surface area contributed by atoms with Gasteiger partial charge in [0.1, 0.15) is 0 Å². The number of halogens is 3. The number of carbonyl (C=O) groups is 2. The number of carbonyl (C=O) groups excluding carboxylic acids is 2. The molecule has 8 heteroatoms. The summed E-state index contributed by atoms with van der Waals surface area (Å²) in [6.07, 6.45) is 0.0153. The molecule has 0 radical (unpaired) electrons. The molecule has 0 saturated carbocycles. The van der Waals surface area contributed by atoms with Crippen LogP contribution in [-0.4, -0.2) is 17.1 Å². The fourth-order valence-corrected chi connectivity index (χ4v) is 3.92. The summed E-state index contributed by atoms with van der Waals surface area (Å²) in [5.74, 6) is -0.531. The third kappa shape index (κ3) is 3.81. The summed E-state index contributed by atoms with van der Waals surface area (Å²) >= 11 is 19.2. The van der Waals surface area contributed by atoms with E-state index in [9.17, 15) is 9.59 Å². The zero-order valence-corrected chi connectivity index (χ0v) is 15.2. The summed E-state index contributed by atoms with van der Waals surface area (Å²) in [6, 6.07) is 10.4. The predicted molar refractivity (Wildman–Crippen MR) is 99.4 cm³/mol. The molecule has 2 amide bonds. The highest BCUT2D eigenvalue weighted by Gasteiger charge is 2.29. The Hall–Kier alpha value is -1.40. The zero-order chi connectivity index (χ0) is 17.3. The summed E-state index contributed by atoms with van der Waals surface area (Å²) < 4.78 is 0. The summed E-state index contributed by atoms with van der Waals surface area (Å²) in [6.45, 7) is 0. The molecule has 124 valence electrons. The van der Waals surface area contributed by atoms with E-state index in [4.69, 9.17) is 34.8 Å². The Labute approximate surface area is 157 Å². The number of benzene rings is 2. The third-order valence-corrected chi connectivity index (χ3v) is 5.67. The minimum Gasteiger partial charge on any atom is -0.325 e. The first-order valence-corrected chi connectivity index (χ1v) is 8.96. The lowest BCUT2D eigenvalue weighted by Crippen LogP contribution is -2.32. The number of hydrogen-bond acceptors (Lipinski definition) is 3. The summed E-state index contributed by atoms with van der Waals surface area (Å²) in [5, 5.41) is 5.83. The summed E-state index contributed by atoms with van der Waals surface area (Å²) in [5.41, 5.74) is 1.12. The van der Waals surface area contributed by atoms with Gasteiger partial charge in [-0.2, -0.15) is 0 Å². The molecule has 0 aliphatic carbocycles. The Kier molecular flexibility index (Phi) is 5.25. The molecular weight excluding hydrogens is 391 g/mol. The molecule has 0 spiro atoms. The smallest absolute Gasteiger partial charge is 0.238 e. The fraction of sp³-hybridized carbons (Fsp3) is 0.125. The molecule has 2 aromatic rings. The van der Waals surface area contributed by atoms with Crippen LogP contribution in [0.5, 0.6) is 0 Å². The van der Waals surface area contributed by atoms with E-state index in [1.807, 2.05) is 24.3 Å². The van der Waals surface area contributed by atoms with Gasteiger partial charge in [-0.1, -0.05) is 46.9 Å². The van der Waals surface area contributed by atoms with Gasteiger partial charge in [-0.15, -0.1) is 11.8 Å². The molecule has 2 N–H and O–H groups in total. The number of para-hydroxylation sites is 1. The van der Waals surface area contributed by atoms with Gasteiger partial charge >= 0.3 is 0 Å². The molecule has 1 aliphatic heterocycles. The van der Waals surface area contributed by atoms with Gasteiger partial charge in [-0.05, 0) is 24.3 Å². The molecule has 0 aromatic heterocycles. The molecule has 1 atom stereocenters. The van der Waals surface area contributed by atoms with Gasteiger partial charge in [0, 0.05) is 11.3 Å².